The lowest BCUT2D eigenvalue weighted by Crippen LogP contribution is -2.31. The fourth-order valence-electron chi connectivity index (χ4n) is 2.92. The highest BCUT2D eigenvalue weighted by Crippen LogP contribution is 2.50. The first-order chi connectivity index (χ1) is 8.04. The summed E-state index contributed by atoms with van der Waals surface area (Å²) >= 11 is 0. The van der Waals surface area contributed by atoms with Crippen LogP contribution in [0.2, 0.25) is 0 Å². The van der Waals surface area contributed by atoms with Crippen molar-refractivity contribution in [3.8, 4) is 0 Å². The molecule has 2 heteroatoms. The SMILES string of the molecule is Cc1[nH]c2cc(C3(C(C)N)CC3)ccc2c1C. The molecule has 1 unspecified atom stereocenters. The van der Waals surface area contributed by atoms with Crippen molar-refractivity contribution in [1.82, 2.24) is 4.98 Å². The summed E-state index contributed by atoms with van der Waals surface area (Å²) in [6, 6.07) is 7.05. The molecular formula is C15H20N2. The number of aromatic amines is 1. The van der Waals surface area contributed by atoms with Crippen LogP contribution in [0.1, 0.15) is 36.6 Å². The van der Waals surface area contributed by atoms with E-state index < -0.39 is 0 Å². The normalized spacial score (nSPS) is 19.5. The van der Waals surface area contributed by atoms with E-state index in [4.69, 9.17) is 5.73 Å². The molecule has 2 nitrogen and oxygen atoms in total. The van der Waals surface area contributed by atoms with Crippen LogP contribution in [0.5, 0.6) is 0 Å². The van der Waals surface area contributed by atoms with Crippen LogP contribution >= 0.6 is 0 Å². The molecule has 1 aromatic heterocycles. The van der Waals surface area contributed by atoms with E-state index in [0.717, 1.165) is 0 Å². The maximum atomic E-state index is 6.13. The Labute approximate surface area is 102 Å². The number of hydrogen-bond donors (Lipinski definition) is 2. The fraction of sp³-hybridized carbons (Fsp3) is 0.467. The predicted octanol–water partition coefficient (Wildman–Crippen LogP) is 3.16. The first kappa shape index (κ1) is 10.8. The molecule has 3 rings (SSSR count). The highest BCUT2D eigenvalue weighted by Gasteiger charge is 2.47. The average molecular weight is 228 g/mol. The summed E-state index contributed by atoms with van der Waals surface area (Å²) in [5.74, 6) is 0. The first-order valence-corrected chi connectivity index (χ1v) is 6.39. The Morgan fingerprint density at radius 1 is 1.29 bits per heavy atom. The number of hydrogen-bond acceptors (Lipinski definition) is 1. The van der Waals surface area contributed by atoms with Gasteiger partial charge in [0, 0.05) is 28.1 Å². The van der Waals surface area contributed by atoms with Gasteiger partial charge in [-0.2, -0.15) is 0 Å². The van der Waals surface area contributed by atoms with Gasteiger partial charge in [0.1, 0.15) is 0 Å². The van der Waals surface area contributed by atoms with Crippen molar-refractivity contribution in [3.63, 3.8) is 0 Å². The van der Waals surface area contributed by atoms with Crippen LogP contribution in [0.15, 0.2) is 18.2 Å². The first-order valence-electron chi connectivity index (χ1n) is 6.39. The van der Waals surface area contributed by atoms with Crippen molar-refractivity contribution >= 4 is 10.9 Å². The van der Waals surface area contributed by atoms with E-state index >= 15 is 0 Å². The molecule has 1 heterocycles. The molecule has 17 heavy (non-hydrogen) atoms. The lowest BCUT2D eigenvalue weighted by Gasteiger charge is -2.20. The van der Waals surface area contributed by atoms with Gasteiger partial charge in [0.15, 0.2) is 0 Å². The van der Waals surface area contributed by atoms with E-state index in [-0.39, 0.29) is 11.5 Å². The highest BCUT2D eigenvalue weighted by atomic mass is 14.7. The number of aromatic nitrogens is 1. The maximum Gasteiger partial charge on any atom is 0.0461 e. The smallest absolute Gasteiger partial charge is 0.0461 e. The lowest BCUT2D eigenvalue weighted by atomic mass is 9.89. The summed E-state index contributed by atoms with van der Waals surface area (Å²) in [7, 11) is 0. The van der Waals surface area contributed by atoms with Crippen molar-refractivity contribution in [3.05, 3.63) is 35.0 Å². The largest absolute Gasteiger partial charge is 0.358 e. The number of H-pyrrole nitrogens is 1. The van der Waals surface area contributed by atoms with Crippen LogP contribution < -0.4 is 5.73 Å². The number of fused-ring (bicyclic) bond motifs is 1. The van der Waals surface area contributed by atoms with Gasteiger partial charge in [-0.05, 0) is 50.8 Å². The summed E-state index contributed by atoms with van der Waals surface area (Å²) in [5.41, 5.74) is 11.7. The molecule has 0 amide bonds. The molecule has 1 aliphatic rings. The molecule has 0 radical (unpaired) electrons. The van der Waals surface area contributed by atoms with E-state index in [0.29, 0.717) is 0 Å². The summed E-state index contributed by atoms with van der Waals surface area (Å²) < 4.78 is 0. The summed E-state index contributed by atoms with van der Waals surface area (Å²) in [6.45, 7) is 6.43. The molecule has 0 spiro atoms. The van der Waals surface area contributed by atoms with Gasteiger partial charge in [0.25, 0.3) is 0 Å². The Bertz CT molecular complexity index is 574. The summed E-state index contributed by atoms with van der Waals surface area (Å²) in [4.78, 5) is 3.47. The number of benzene rings is 1. The highest BCUT2D eigenvalue weighted by molar-refractivity contribution is 5.85. The van der Waals surface area contributed by atoms with Gasteiger partial charge in [-0.3, -0.25) is 0 Å². The van der Waals surface area contributed by atoms with Gasteiger partial charge in [-0.1, -0.05) is 12.1 Å². The molecule has 3 N–H and O–H groups in total. The predicted molar refractivity (Wildman–Crippen MR) is 72.3 cm³/mol. The number of rotatable bonds is 2. The molecule has 0 saturated heterocycles. The van der Waals surface area contributed by atoms with Crippen LogP contribution in [0.4, 0.5) is 0 Å². The van der Waals surface area contributed by atoms with Crippen molar-refractivity contribution in [2.24, 2.45) is 5.73 Å². The maximum absolute atomic E-state index is 6.13. The zero-order valence-corrected chi connectivity index (χ0v) is 10.8. The van der Waals surface area contributed by atoms with Crippen molar-refractivity contribution < 1.29 is 0 Å². The van der Waals surface area contributed by atoms with Crippen molar-refractivity contribution in [1.29, 1.82) is 0 Å². The van der Waals surface area contributed by atoms with Crippen LogP contribution in [-0.2, 0) is 5.41 Å². The Kier molecular flexibility index (Phi) is 2.14. The Balaban J connectivity index is 2.15. The third-order valence-corrected chi connectivity index (χ3v) is 4.54. The molecule has 1 aliphatic carbocycles. The van der Waals surface area contributed by atoms with Gasteiger partial charge in [-0.25, -0.2) is 0 Å². The van der Waals surface area contributed by atoms with Crippen LogP contribution in [0, 0.1) is 13.8 Å². The molecule has 0 bridgehead atoms. The standard InChI is InChI=1S/C15H20N2/c1-9-10(2)17-14-8-12(4-5-13(9)14)15(6-7-15)11(3)16/h4-5,8,11,17H,6-7,16H2,1-3H3. The second kappa shape index (κ2) is 3.36. The van der Waals surface area contributed by atoms with E-state index in [1.807, 2.05) is 0 Å². The van der Waals surface area contributed by atoms with E-state index in [1.165, 1.54) is 40.6 Å². The van der Waals surface area contributed by atoms with Crippen molar-refractivity contribution in [2.75, 3.05) is 0 Å². The summed E-state index contributed by atoms with van der Waals surface area (Å²) in [5, 5.41) is 1.34. The molecule has 0 aliphatic heterocycles. The third kappa shape index (κ3) is 1.44. The van der Waals surface area contributed by atoms with Gasteiger partial charge in [-0.15, -0.1) is 0 Å². The Morgan fingerprint density at radius 2 is 2.00 bits per heavy atom. The minimum absolute atomic E-state index is 0.247. The Morgan fingerprint density at radius 3 is 2.59 bits per heavy atom. The molecule has 1 aromatic carbocycles. The van der Waals surface area contributed by atoms with E-state index in [9.17, 15) is 0 Å². The van der Waals surface area contributed by atoms with Crippen molar-refractivity contribution in [2.45, 2.75) is 45.1 Å². The molecule has 1 fully saturated rings. The molecule has 90 valence electrons. The van der Waals surface area contributed by atoms with E-state index in [1.54, 1.807) is 0 Å². The van der Waals surface area contributed by atoms with Crippen LogP contribution in [-0.4, -0.2) is 11.0 Å². The second-order valence-electron chi connectivity index (χ2n) is 5.58. The summed E-state index contributed by atoms with van der Waals surface area (Å²) in [6.07, 6.45) is 2.46. The number of nitrogens with two attached hydrogens (primary N) is 1. The van der Waals surface area contributed by atoms with Gasteiger partial charge >= 0.3 is 0 Å². The van der Waals surface area contributed by atoms with Crippen LogP contribution in [0.25, 0.3) is 10.9 Å². The van der Waals surface area contributed by atoms with Gasteiger partial charge in [0.05, 0.1) is 0 Å². The lowest BCUT2D eigenvalue weighted by molar-refractivity contribution is 0.557. The van der Waals surface area contributed by atoms with E-state index in [2.05, 4.69) is 44.0 Å². The topological polar surface area (TPSA) is 41.8 Å². The number of aryl methyl sites for hydroxylation is 2. The average Bonchev–Trinajstić information content (AvgIpc) is 3.04. The second-order valence-corrected chi connectivity index (χ2v) is 5.58. The van der Waals surface area contributed by atoms with Crippen LogP contribution in [0.3, 0.4) is 0 Å². The molecule has 2 aromatic rings. The number of nitrogens with one attached hydrogen (secondary N) is 1. The van der Waals surface area contributed by atoms with Gasteiger partial charge in [0.2, 0.25) is 0 Å². The fourth-order valence-corrected chi connectivity index (χ4v) is 2.92. The monoisotopic (exact) mass is 228 g/mol. The molecular weight excluding hydrogens is 208 g/mol. The van der Waals surface area contributed by atoms with Gasteiger partial charge < -0.3 is 10.7 Å². The quantitative estimate of drug-likeness (QED) is 0.814. The zero-order valence-electron chi connectivity index (χ0n) is 10.8. The molecule has 1 saturated carbocycles. The third-order valence-electron chi connectivity index (χ3n) is 4.54. The zero-order chi connectivity index (χ0) is 12.2. The minimum atomic E-state index is 0.247. The minimum Gasteiger partial charge on any atom is -0.358 e. The Hall–Kier alpha value is -1.28. The molecule has 1 atom stereocenters.